The van der Waals surface area contributed by atoms with Crippen LogP contribution in [0.15, 0.2) is 60.7 Å². The van der Waals surface area contributed by atoms with Gasteiger partial charge in [-0.05, 0) is 30.7 Å². The lowest BCUT2D eigenvalue weighted by molar-refractivity contribution is -0.123. The van der Waals surface area contributed by atoms with Crippen molar-refractivity contribution < 1.29 is 9.59 Å². The van der Waals surface area contributed by atoms with Crippen LogP contribution < -0.4 is 16.0 Å². The molecule has 1 heterocycles. The Morgan fingerprint density at radius 1 is 1.00 bits per heavy atom. The maximum absolute atomic E-state index is 12.7. The fourth-order valence-electron chi connectivity index (χ4n) is 2.81. The number of benzene rings is 2. The van der Waals surface area contributed by atoms with Crippen molar-refractivity contribution in [3.63, 3.8) is 0 Å². The van der Waals surface area contributed by atoms with Crippen LogP contribution in [0.25, 0.3) is 0 Å². The summed E-state index contributed by atoms with van der Waals surface area (Å²) in [6.45, 7) is 1.66. The van der Waals surface area contributed by atoms with Crippen LogP contribution in [0.2, 0.25) is 0 Å². The van der Waals surface area contributed by atoms with Gasteiger partial charge in [0.1, 0.15) is 6.04 Å². The molecule has 0 radical (unpaired) electrons. The highest BCUT2D eigenvalue weighted by Gasteiger charge is 2.26. The molecular formula is C19H22ClN3O2. The number of hydrogen-bond acceptors (Lipinski definition) is 3. The molecule has 0 bridgehead atoms. The summed E-state index contributed by atoms with van der Waals surface area (Å²) >= 11 is 0. The van der Waals surface area contributed by atoms with Crippen LogP contribution in [0.1, 0.15) is 28.4 Å². The van der Waals surface area contributed by atoms with E-state index in [2.05, 4.69) is 16.0 Å². The average Bonchev–Trinajstić information content (AvgIpc) is 3.14. The fraction of sp³-hybridized carbons (Fsp3) is 0.263. The first-order valence-corrected chi connectivity index (χ1v) is 8.16. The first-order chi connectivity index (χ1) is 11.7. The lowest BCUT2D eigenvalue weighted by Crippen LogP contribution is -2.45. The lowest BCUT2D eigenvalue weighted by Gasteiger charge is -2.21. The summed E-state index contributed by atoms with van der Waals surface area (Å²) in [5.41, 5.74) is 1.30. The van der Waals surface area contributed by atoms with Crippen LogP contribution in [0, 0.1) is 0 Å². The Hall–Kier alpha value is -2.37. The molecule has 2 aromatic rings. The summed E-state index contributed by atoms with van der Waals surface area (Å²) in [5, 5.41) is 9.09. The van der Waals surface area contributed by atoms with Gasteiger partial charge < -0.3 is 16.0 Å². The molecule has 2 atom stereocenters. The summed E-state index contributed by atoms with van der Waals surface area (Å²) < 4.78 is 0. The van der Waals surface area contributed by atoms with Gasteiger partial charge in [0.15, 0.2) is 0 Å². The Morgan fingerprint density at radius 2 is 1.64 bits per heavy atom. The van der Waals surface area contributed by atoms with Crippen molar-refractivity contribution in [3.05, 3.63) is 71.8 Å². The zero-order chi connectivity index (χ0) is 16.8. The van der Waals surface area contributed by atoms with E-state index in [0.29, 0.717) is 5.56 Å². The Morgan fingerprint density at radius 3 is 2.24 bits per heavy atom. The summed E-state index contributed by atoms with van der Waals surface area (Å²) in [4.78, 5) is 25.2. The van der Waals surface area contributed by atoms with Crippen LogP contribution in [0.3, 0.4) is 0 Å². The second kappa shape index (κ2) is 9.20. The minimum Gasteiger partial charge on any atom is -0.350 e. The van der Waals surface area contributed by atoms with E-state index in [1.54, 1.807) is 24.3 Å². The van der Waals surface area contributed by atoms with Gasteiger partial charge in [-0.2, -0.15) is 0 Å². The van der Waals surface area contributed by atoms with Crippen molar-refractivity contribution in [1.82, 2.24) is 16.0 Å². The van der Waals surface area contributed by atoms with Crippen molar-refractivity contribution in [1.29, 1.82) is 0 Å². The molecule has 3 rings (SSSR count). The third-order valence-electron chi connectivity index (χ3n) is 4.11. The molecule has 25 heavy (non-hydrogen) atoms. The topological polar surface area (TPSA) is 70.2 Å². The van der Waals surface area contributed by atoms with Gasteiger partial charge >= 0.3 is 0 Å². The Kier molecular flexibility index (Phi) is 6.98. The van der Waals surface area contributed by atoms with Gasteiger partial charge in [-0.15, -0.1) is 12.4 Å². The second-order valence-corrected chi connectivity index (χ2v) is 5.88. The molecule has 0 spiro atoms. The molecule has 0 aliphatic carbocycles. The number of nitrogens with one attached hydrogen (secondary N) is 3. The number of rotatable bonds is 5. The second-order valence-electron chi connectivity index (χ2n) is 5.88. The average molecular weight is 360 g/mol. The van der Waals surface area contributed by atoms with Crippen molar-refractivity contribution >= 4 is 24.2 Å². The Labute approximate surface area is 153 Å². The van der Waals surface area contributed by atoms with E-state index in [1.165, 1.54) is 0 Å². The molecule has 2 amide bonds. The summed E-state index contributed by atoms with van der Waals surface area (Å²) in [6.07, 6.45) is 0.903. The first kappa shape index (κ1) is 19.0. The van der Waals surface area contributed by atoms with Crippen molar-refractivity contribution in [3.8, 4) is 0 Å². The van der Waals surface area contributed by atoms with Crippen molar-refractivity contribution in [2.24, 2.45) is 0 Å². The van der Waals surface area contributed by atoms with Crippen LogP contribution in [0.5, 0.6) is 0 Å². The highest BCUT2D eigenvalue weighted by Crippen LogP contribution is 2.15. The molecule has 1 aliphatic heterocycles. The number of amides is 2. The van der Waals surface area contributed by atoms with E-state index in [9.17, 15) is 9.59 Å². The van der Waals surface area contributed by atoms with Crippen molar-refractivity contribution in [2.45, 2.75) is 18.5 Å². The standard InChI is InChI=1S/C19H21N3O2.ClH/c23-18(15-9-5-2-6-10-15)22-17(14-7-3-1-4-8-14)19(24)21-16-11-12-20-13-16;/h1-10,16-17,20H,11-13H2,(H,21,24)(H,22,23);1H. The Balaban J connectivity index is 0.00000225. The summed E-state index contributed by atoms with van der Waals surface area (Å²) in [6, 6.07) is 17.6. The maximum atomic E-state index is 12.7. The number of carbonyl (C=O) groups is 2. The number of halogens is 1. The minimum absolute atomic E-state index is 0. The highest BCUT2D eigenvalue weighted by atomic mass is 35.5. The van der Waals surface area contributed by atoms with E-state index in [1.807, 2.05) is 36.4 Å². The van der Waals surface area contributed by atoms with Crippen LogP contribution in [-0.2, 0) is 4.79 Å². The van der Waals surface area contributed by atoms with Gasteiger partial charge in [0, 0.05) is 18.2 Å². The molecule has 1 aliphatic rings. The van der Waals surface area contributed by atoms with E-state index in [4.69, 9.17) is 0 Å². The summed E-state index contributed by atoms with van der Waals surface area (Å²) in [5.74, 6) is -0.441. The van der Waals surface area contributed by atoms with E-state index < -0.39 is 6.04 Å². The zero-order valence-corrected chi connectivity index (χ0v) is 14.6. The predicted molar refractivity (Wildman–Crippen MR) is 99.8 cm³/mol. The molecule has 0 saturated carbocycles. The van der Waals surface area contributed by atoms with Gasteiger partial charge in [0.2, 0.25) is 5.91 Å². The maximum Gasteiger partial charge on any atom is 0.252 e. The van der Waals surface area contributed by atoms with E-state index in [-0.39, 0.29) is 30.3 Å². The quantitative estimate of drug-likeness (QED) is 0.765. The van der Waals surface area contributed by atoms with Gasteiger partial charge in [-0.1, -0.05) is 48.5 Å². The van der Waals surface area contributed by atoms with Gasteiger partial charge in [0.25, 0.3) is 5.91 Å². The SMILES string of the molecule is Cl.O=C(NC(C(=O)NC1CCNC1)c1ccccc1)c1ccccc1. The van der Waals surface area contributed by atoms with Crippen molar-refractivity contribution in [2.75, 3.05) is 13.1 Å². The molecule has 1 saturated heterocycles. The predicted octanol–water partition coefficient (Wildman–Crippen LogP) is 2.06. The third kappa shape index (κ3) is 5.05. The smallest absolute Gasteiger partial charge is 0.252 e. The van der Waals surface area contributed by atoms with Gasteiger partial charge in [-0.25, -0.2) is 0 Å². The largest absolute Gasteiger partial charge is 0.350 e. The molecular weight excluding hydrogens is 338 g/mol. The van der Waals surface area contributed by atoms with Crippen LogP contribution >= 0.6 is 12.4 Å². The molecule has 5 nitrogen and oxygen atoms in total. The Bertz CT molecular complexity index is 688. The van der Waals surface area contributed by atoms with Gasteiger partial charge in [0.05, 0.1) is 0 Å². The lowest BCUT2D eigenvalue weighted by atomic mass is 10.0. The fourth-order valence-corrected chi connectivity index (χ4v) is 2.81. The summed E-state index contributed by atoms with van der Waals surface area (Å²) in [7, 11) is 0. The van der Waals surface area contributed by atoms with Crippen LogP contribution in [-0.4, -0.2) is 30.9 Å². The number of carbonyl (C=O) groups excluding carboxylic acids is 2. The molecule has 2 unspecified atom stereocenters. The van der Waals surface area contributed by atoms with Gasteiger partial charge in [-0.3, -0.25) is 9.59 Å². The number of hydrogen-bond donors (Lipinski definition) is 3. The van der Waals surface area contributed by atoms with Crippen LogP contribution in [0.4, 0.5) is 0 Å². The molecule has 2 aromatic carbocycles. The van der Waals surface area contributed by atoms with E-state index in [0.717, 1.165) is 25.1 Å². The molecule has 0 aromatic heterocycles. The molecule has 1 fully saturated rings. The monoisotopic (exact) mass is 359 g/mol. The minimum atomic E-state index is -0.709. The normalized spacial score (nSPS) is 17.2. The molecule has 132 valence electrons. The highest BCUT2D eigenvalue weighted by molar-refractivity contribution is 5.97. The van der Waals surface area contributed by atoms with E-state index >= 15 is 0 Å². The first-order valence-electron chi connectivity index (χ1n) is 8.16. The third-order valence-corrected chi connectivity index (χ3v) is 4.11. The molecule has 6 heteroatoms. The molecule has 3 N–H and O–H groups in total. The zero-order valence-electron chi connectivity index (χ0n) is 13.8.